The molecule has 1 fully saturated rings. The standard InChI is InChI=1S/C10H18O2/c1-5-10(6-2)7-9(3,4)12-8(10)11/h5-7H2,1-4H3. The molecule has 0 N–H and O–H groups in total. The third kappa shape index (κ3) is 1.35. The van der Waals surface area contributed by atoms with Crippen LogP contribution in [0.4, 0.5) is 0 Å². The van der Waals surface area contributed by atoms with Gasteiger partial charge in [0.05, 0.1) is 5.41 Å². The summed E-state index contributed by atoms with van der Waals surface area (Å²) in [5.41, 5.74) is -0.438. The van der Waals surface area contributed by atoms with Crippen molar-refractivity contribution in [3.8, 4) is 0 Å². The number of rotatable bonds is 2. The van der Waals surface area contributed by atoms with E-state index < -0.39 is 0 Å². The number of carbonyl (C=O) groups is 1. The minimum absolute atomic E-state index is 0.00231. The van der Waals surface area contributed by atoms with Crippen molar-refractivity contribution in [2.45, 2.75) is 52.6 Å². The molecule has 1 aliphatic rings. The summed E-state index contributed by atoms with van der Waals surface area (Å²) in [6.07, 6.45) is 2.66. The highest BCUT2D eigenvalue weighted by Gasteiger charge is 2.49. The first-order valence-electron chi connectivity index (χ1n) is 4.69. The first-order valence-corrected chi connectivity index (χ1v) is 4.69. The molecule has 1 rings (SSSR count). The van der Waals surface area contributed by atoms with Gasteiger partial charge in [0.25, 0.3) is 0 Å². The Balaban J connectivity index is 2.86. The molecule has 2 heteroatoms. The molecule has 0 aromatic rings. The van der Waals surface area contributed by atoms with Gasteiger partial charge in [-0.05, 0) is 26.7 Å². The van der Waals surface area contributed by atoms with Crippen LogP contribution in [0, 0.1) is 5.41 Å². The van der Waals surface area contributed by atoms with Crippen molar-refractivity contribution in [1.82, 2.24) is 0 Å². The Morgan fingerprint density at radius 2 is 1.83 bits per heavy atom. The molecule has 0 aromatic carbocycles. The molecule has 1 heterocycles. The van der Waals surface area contributed by atoms with Gasteiger partial charge in [-0.15, -0.1) is 0 Å². The summed E-state index contributed by atoms with van der Waals surface area (Å²) in [5, 5.41) is 0. The lowest BCUT2D eigenvalue weighted by Gasteiger charge is -2.21. The van der Waals surface area contributed by atoms with Gasteiger partial charge in [-0.3, -0.25) is 4.79 Å². The van der Waals surface area contributed by atoms with Gasteiger partial charge in [0.15, 0.2) is 0 Å². The molecule has 0 amide bonds. The Hall–Kier alpha value is -0.530. The topological polar surface area (TPSA) is 26.3 Å². The smallest absolute Gasteiger partial charge is 0.312 e. The highest BCUT2D eigenvalue weighted by Crippen LogP contribution is 2.44. The Kier molecular flexibility index (Phi) is 2.19. The molecule has 0 atom stereocenters. The van der Waals surface area contributed by atoms with Crippen molar-refractivity contribution in [2.24, 2.45) is 5.41 Å². The first-order chi connectivity index (χ1) is 5.46. The van der Waals surface area contributed by atoms with Crippen molar-refractivity contribution in [3.05, 3.63) is 0 Å². The lowest BCUT2D eigenvalue weighted by molar-refractivity contribution is -0.152. The molecule has 0 saturated carbocycles. The molecular weight excluding hydrogens is 152 g/mol. The molecule has 0 radical (unpaired) electrons. The normalized spacial score (nSPS) is 25.5. The van der Waals surface area contributed by atoms with Crippen LogP contribution >= 0.6 is 0 Å². The van der Waals surface area contributed by atoms with Crippen LogP contribution in [-0.2, 0) is 9.53 Å². The third-order valence-corrected chi connectivity index (χ3v) is 2.92. The Bertz CT molecular complexity index is 190. The van der Waals surface area contributed by atoms with Crippen LogP contribution in [0.25, 0.3) is 0 Å². The number of hydrogen-bond acceptors (Lipinski definition) is 2. The predicted octanol–water partition coefficient (Wildman–Crippen LogP) is 2.52. The lowest BCUT2D eigenvalue weighted by atomic mass is 9.77. The molecule has 1 aliphatic heterocycles. The second-order valence-corrected chi connectivity index (χ2v) is 4.31. The van der Waals surface area contributed by atoms with E-state index in [1.54, 1.807) is 0 Å². The maximum Gasteiger partial charge on any atom is 0.312 e. The Labute approximate surface area is 74.3 Å². The molecule has 0 bridgehead atoms. The average Bonchev–Trinajstić information content (AvgIpc) is 2.21. The predicted molar refractivity (Wildman–Crippen MR) is 47.8 cm³/mol. The summed E-state index contributed by atoms with van der Waals surface area (Å²) in [6, 6.07) is 0. The molecule has 1 saturated heterocycles. The van der Waals surface area contributed by atoms with Crippen LogP contribution in [0.1, 0.15) is 47.0 Å². The van der Waals surface area contributed by atoms with Crippen molar-refractivity contribution >= 4 is 5.97 Å². The van der Waals surface area contributed by atoms with Crippen LogP contribution in [0.5, 0.6) is 0 Å². The Morgan fingerprint density at radius 1 is 1.33 bits per heavy atom. The number of hydrogen-bond donors (Lipinski definition) is 0. The summed E-state index contributed by atoms with van der Waals surface area (Å²) in [5.74, 6) is -0.00231. The van der Waals surface area contributed by atoms with E-state index in [2.05, 4.69) is 13.8 Å². The van der Waals surface area contributed by atoms with Gasteiger partial charge < -0.3 is 4.74 Å². The lowest BCUT2D eigenvalue weighted by Crippen LogP contribution is -2.24. The zero-order valence-corrected chi connectivity index (χ0v) is 8.44. The second-order valence-electron chi connectivity index (χ2n) is 4.31. The largest absolute Gasteiger partial charge is 0.459 e. The molecular formula is C10H18O2. The van der Waals surface area contributed by atoms with Crippen molar-refractivity contribution in [3.63, 3.8) is 0 Å². The van der Waals surface area contributed by atoms with Gasteiger partial charge in [0, 0.05) is 6.42 Å². The van der Waals surface area contributed by atoms with Crippen LogP contribution in [-0.4, -0.2) is 11.6 Å². The summed E-state index contributed by atoms with van der Waals surface area (Å²) in [6.45, 7) is 8.09. The fourth-order valence-corrected chi connectivity index (χ4v) is 2.07. The minimum Gasteiger partial charge on any atom is -0.459 e. The highest BCUT2D eigenvalue weighted by atomic mass is 16.6. The van der Waals surface area contributed by atoms with Gasteiger partial charge in [-0.1, -0.05) is 13.8 Å². The summed E-state index contributed by atoms with van der Waals surface area (Å²) in [7, 11) is 0. The first kappa shape index (κ1) is 9.56. The van der Waals surface area contributed by atoms with Gasteiger partial charge in [0.2, 0.25) is 0 Å². The minimum atomic E-state index is -0.247. The summed E-state index contributed by atoms with van der Waals surface area (Å²) >= 11 is 0. The molecule has 2 nitrogen and oxygen atoms in total. The van der Waals surface area contributed by atoms with Crippen LogP contribution in [0.2, 0.25) is 0 Å². The van der Waals surface area contributed by atoms with E-state index in [0.717, 1.165) is 19.3 Å². The third-order valence-electron chi connectivity index (χ3n) is 2.92. The maximum absolute atomic E-state index is 11.6. The van der Waals surface area contributed by atoms with E-state index >= 15 is 0 Å². The fraction of sp³-hybridized carbons (Fsp3) is 0.900. The van der Waals surface area contributed by atoms with Crippen LogP contribution < -0.4 is 0 Å². The van der Waals surface area contributed by atoms with Gasteiger partial charge >= 0.3 is 5.97 Å². The number of ether oxygens (including phenoxy) is 1. The molecule has 0 aromatic heterocycles. The zero-order chi connectivity index (χ0) is 9.41. The van der Waals surface area contributed by atoms with Crippen LogP contribution in [0.15, 0.2) is 0 Å². The van der Waals surface area contributed by atoms with Crippen LogP contribution in [0.3, 0.4) is 0 Å². The van der Waals surface area contributed by atoms with Crippen molar-refractivity contribution in [1.29, 1.82) is 0 Å². The number of esters is 1. The van der Waals surface area contributed by atoms with E-state index in [1.165, 1.54) is 0 Å². The molecule has 0 aliphatic carbocycles. The van der Waals surface area contributed by atoms with E-state index in [0.29, 0.717) is 0 Å². The molecule has 0 spiro atoms. The second kappa shape index (κ2) is 2.75. The SMILES string of the molecule is CCC1(CC)CC(C)(C)OC1=O. The van der Waals surface area contributed by atoms with Crippen molar-refractivity contribution < 1.29 is 9.53 Å². The van der Waals surface area contributed by atoms with Gasteiger partial charge in [-0.25, -0.2) is 0 Å². The zero-order valence-electron chi connectivity index (χ0n) is 8.44. The summed E-state index contributed by atoms with van der Waals surface area (Å²) < 4.78 is 5.31. The van der Waals surface area contributed by atoms with E-state index in [4.69, 9.17) is 4.74 Å². The van der Waals surface area contributed by atoms with Gasteiger partial charge in [-0.2, -0.15) is 0 Å². The average molecular weight is 170 g/mol. The molecule has 70 valence electrons. The monoisotopic (exact) mass is 170 g/mol. The fourth-order valence-electron chi connectivity index (χ4n) is 2.07. The quantitative estimate of drug-likeness (QED) is 0.595. The Morgan fingerprint density at radius 3 is 2.00 bits per heavy atom. The number of carbonyl (C=O) groups excluding carboxylic acids is 1. The van der Waals surface area contributed by atoms with Gasteiger partial charge in [0.1, 0.15) is 5.60 Å². The van der Waals surface area contributed by atoms with Crippen molar-refractivity contribution in [2.75, 3.05) is 0 Å². The highest BCUT2D eigenvalue weighted by molar-refractivity contribution is 5.79. The molecule has 12 heavy (non-hydrogen) atoms. The number of cyclic esters (lactones) is 1. The molecule has 0 unspecified atom stereocenters. The van der Waals surface area contributed by atoms with E-state index in [1.807, 2.05) is 13.8 Å². The summed E-state index contributed by atoms with van der Waals surface area (Å²) in [4.78, 5) is 11.6. The van der Waals surface area contributed by atoms with E-state index in [-0.39, 0.29) is 17.0 Å². The van der Waals surface area contributed by atoms with E-state index in [9.17, 15) is 4.79 Å². The maximum atomic E-state index is 11.6.